The molecule has 1 aliphatic rings. The van der Waals surface area contributed by atoms with Crippen molar-refractivity contribution >= 4 is 5.69 Å². The molecule has 3 heteroatoms. The third-order valence-corrected chi connectivity index (χ3v) is 2.66. The first-order valence-corrected chi connectivity index (χ1v) is 4.93. The number of phenols is 1. The number of benzene rings is 1. The number of nitrogen functional groups attached to an aromatic ring is 1. The zero-order valence-corrected chi connectivity index (χ0v) is 8.07. The molecule has 1 heterocycles. The van der Waals surface area contributed by atoms with Crippen molar-refractivity contribution < 1.29 is 9.84 Å². The third kappa shape index (κ3) is 1.99. The Bertz CT molecular complexity index is 299. The smallest absolute Gasteiger partial charge is 0.117 e. The van der Waals surface area contributed by atoms with Crippen LogP contribution in [0, 0.1) is 0 Å². The Kier molecular flexibility index (Phi) is 2.59. The quantitative estimate of drug-likeness (QED) is 0.669. The Hall–Kier alpha value is -1.22. The van der Waals surface area contributed by atoms with Crippen LogP contribution in [-0.4, -0.2) is 18.3 Å². The van der Waals surface area contributed by atoms with Crippen LogP contribution in [0.3, 0.4) is 0 Å². The maximum Gasteiger partial charge on any atom is 0.117 e. The highest BCUT2D eigenvalue weighted by molar-refractivity contribution is 5.48. The van der Waals surface area contributed by atoms with E-state index in [1.165, 1.54) is 0 Å². The molecule has 0 aromatic heterocycles. The van der Waals surface area contributed by atoms with E-state index in [2.05, 4.69) is 0 Å². The lowest BCUT2D eigenvalue weighted by Gasteiger charge is -2.22. The van der Waals surface area contributed by atoms with E-state index in [9.17, 15) is 5.11 Å². The largest absolute Gasteiger partial charge is 0.508 e. The molecular formula is C11H15NO2. The summed E-state index contributed by atoms with van der Waals surface area (Å²) in [6.07, 6.45) is 2.03. The van der Waals surface area contributed by atoms with E-state index in [1.54, 1.807) is 12.1 Å². The number of nitrogens with two attached hydrogens (primary N) is 1. The molecule has 0 atom stereocenters. The first-order valence-electron chi connectivity index (χ1n) is 4.93. The number of rotatable bonds is 1. The number of anilines is 1. The minimum atomic E-state index is 0.256. The van der Waals surface area contributed by atoms with E-state index in [-0.39, 0.29) is 5.75 Å². The number of phenolic OH excluding ortho intramolecular Hbond substituents is 1. The van der Waals surface area contributed by atoms with Crippen LogP contribution in [0.25, 0.3) is 0 Å². The Morgan fingerprint density at radius 3 is 2.57 bits per heavy atom. The lowest BCUT2D eigenvalue weighted by molar-refractivity contribution is 0.0853. The van der Waals surface area contributed by atoms with Gasteiger partial charge in [0.15, 0.2) is 0 Å². The van der Waals surface area contributed by atoms with Gasteiger partial charge < -0.3 is 15.6 Å². The Morgan fingerprint density at radius 2 is 1.93 bits per heavy atom. The molecule has 0 spiro atoms. The summed E-state index contributed by atoms with van der Waals surface area (Å²) in [5.41, 5.74) is 7.44. The summed E-state index contributed by atoms with van der Waals surface area (Å²) in [5, 5.41) is 9.41. The summed E-state index contributed by atoms with van der Waals surface area (Å²) in [6, 6.07) is 5.31. The predicted octanol–water partition coefficient (Wildman–Crippen LogP) is 1.87. The molecule has 1 aliphatic heterocycles. The summed E-state index contributed by atoms with van der Waals surface area (Å²) in [6.45, 7) is 1.61. The van der Waals surface area contributed by atoms with Gasteiger partial charge in [0, 0.05) is 25.0 Å². The molecule has 14 heavy (non-hydrogen) atoms. The fraction of sp³-hybridized carbons (Fsp3) is 0.455. The van der Waals surface area contributed by atoms with Crippen LogP contribution in [-0.2, 0) is 4.74 Å². The SMILES string of the molecule is Nc1cc(O)cc(C2CCOCC2)c1. The van der Waals surface area contributed by atoms with Gasteiger partial charge in [-0.2, -0.15) is 0 Å². The molecule has 0 unspecified atom stereocenters. The second kappa shape index (κ2) is 3.88. The van der Waals surface area contributed by atoms with Crippen LogP contribution in [0.5, 0.6) is 5.75 Å². The van der Waals surface area contributed by atoms with Gasteiger partial charge >= 0.3 is 0 Å². The molecule has 3 N–H and O–H groups in total. The van der Waals surface area contributed by atoms with Crippen molar-refractivity contribution in [1.29, 1.82) is 0 Å². The van der Waals surface area contributed by atoms with Crippen molar-refractivity contribution in [2.24, 2.45) is 0 Å². The molecule has 0 bridgehead atoms. The summed E-state index contributed by atoms with van der Waals surface area (Å²) >= 11 is 0. The lowest BCUT2D eigenvalue weighted by atomic mass is 9.91. The van der Waals surface area contributed by atoms with Crippen molar-refractivity contribution in [3.05, 3.63) is 23.8 Å². The fourth-order valence-corrected chi connectivity index (χ4v) is 1.93. The van der Waals surface area contributed by atoms with Crippen molar-refractivity contribution in [2.75, 3.05) is 18.9 Å². The molecule has 0 saturated carbocycles. The van der Waals surface area contributed by atoms with Crippen LogP contribution in [0.4, 0.5) is 5.69 Å². The predicted molar refractivity (Wildman–Crippen MR) is 55.3 cm³/mol. The Balaban J connectivity index is 2.21. The summed E-state index contributed by atoms with van der Waals surface area (Å²) in [5.74, 6) is 0.740. The van der Waals surface area contributed by atoms with Crippen molar-refractivity contribution in [1.82, 2.24) is 0 Å². The molecular weight excluding hydrogens is 178 g/mol. The average Bonchev–Trinajstić information content (AvgIpc) is 2.18. The van der Waals surface area contributed by atoms with Crippen molar-refractivity contribution in [3.8, 4) is 5.75 Å². The molecule has 1 fully saturated rings. The van der Waals surface area contributed by atoms with Gasteiger partial charge in [-0.05, 0) is 36.5 Å². The molecule has 3 nitrogen and oxygen atoms in total. The van der Waals surface area contributed by atoms with Gasteiger partial charge in [-0.15, -0.1) is 0 Å². The summed E-state index contributed by atoms with van der Waals surface area (Å²) in [4.78, 5) is 0. The average molecular weight is 193 g/mol. The topological polar surface area (TPSA) is 55.5 Å². The zero-order chi connectivity index (χ0) is 9.97. The first kappa shape index (κ1) is 9.34. The second-order valence-corrected chi connectivity index (χ2v) is 3.74. The molecule has 2 rings (SSSR count). The third-order valence-electron chi connectivity index (χ3n) is 2.66. The zero-order valence-electron chi connectivity index (χ0n) is 8.07. The number of hydrogen-bond donors (Lipinski definition) is 2. The molecule has 1 saturated heterocycles. The number of aromatic hydroxyl groups is 1. The van der Waals surface area contributed by atoms with E-state index in [1.807, 2.05) is 6.07 Å². The van der Waals surface area contributed by atoms with Crippen LogP contribution < -0.4 is 5.73 Å². The molecule has 0 aliphatic carbocycles. The summed E-state index contributed by atoms with van der Waals surface area (Å²) in [7, 11) is 0. The second-order valence-electron chi connectivity index (χ2n) is 3.74. The lowest BCUT2D eigenvalue weighted by Crippen LogP contribution is -2.14. The minimum absolute atomic E-state index is 0.256. The Morgan fingerprint density at radius 1 is 1.21 bits per heavy atom. The van der Waals surface area contributed by atoms with Gasteiger partial charge in [0.25, 0.3) is 0 Å². The molecule has 76 valence electrons. The monoisotopic (exact) mass is 193 g/mol. The van der Waals surface area contributed by atoms with Crippen LogP contribution in [0.1, 0.15) is 24.3 Å². The van der Waals surface area contributed by atoms with Crippen LogP contribution >= 0.6 is 0 Å². The van der Waals surface area contributed by atoms with Gasteiger partial charge in [0.05, 0.1) is 0 Å². The molecule has 0 radical (unpaired) electrons. The van der Waals surface area contributed by atoms with Crippen molar-refractivity contribution in [2.45, 2.75) is 18.8 Å². The van der Waals surface area contributed by atoms with E-state index in [0.717, 1.165) is 31.6 Å². The first-order chi connectivity index (χ1) is 6.75. The van der Waals surface area contributed by atoms with E-state index < -0.39 is 0 Å². The highest BCUT2D eigenvalue weighted by Crippen LogP contribution is 2.30. The normalized spacial score (nSPS) is 18.3. The van der Waals surface area contributed by atoms with Gasteiger partial charge in [0.2, 0.25) is 0 Å². The summed E-state index contributed by atoms with van der Waals surface area (Å²) < 4.78 is 5.29. The van der Waals surface area contributed by atoms with E-state index in [4.69, 9.17) is 10.5 Å². The number of hydrogen-bond acceptors (Lipinski definition) is 3. The minimum Gasteiger partial charge on any atom is -0.508 e. The van der Waals surface area contributed by atoms with E-state index >= 15 is 0 Å². The fourth-order valence-electron chi connectivity index (χ4n) is 1.93. The molecule has 0 amide bonds. The Labute approximate surface area is 83.5 Å². The molecule has 1 aromatic rings. The standard InChI is InChI=1S/C11H15NO2/c12-10-5-9(6-11(13)7-10)8-1-3-14-4-2-8/h5-8,13H,1-4,12H2. The van der Waals surface area contributed by atoms with Crippen LogP contribution in [0.15, 0.2) is 18.2 Å². The van der Waals surface area contributed by atoms with Gasteiger partial charge in [0.1, 0.15) is 5.75 Å². The van der Waals surface area contributed by atoms with E-state index in [0.29, 0.717) is 11.6 Å². The van der Waals surface area contributed by atoms with Crippen LogP contribution in [0.2, 0.25) is 0 Å². The van der Waals surface area contributed by atoms with Gasteiger partial charge in [-0.1, -0.05) is 0 Å². The maximum atomic E-state index is 9.41. The maximum absolute atomic E-state index is 9.41. The molecule has 1 aromatic carbocycles. The van der Waals surface area contributed by atoms with Crippen molar-refractivity contribution in [3.63, 3.8) is 0 Å². The van der Waals surface area contributed by atoms with Gasteiger partial charge in [-0.25, -0.2) is 0 Å². The highest BCUT2D eigenvalue weighted by Gasteiger charge is 2.16. The highest BCUT2D eigenvalue weighted by atomic mass is 16.5. The number of ether oxygens (including phenoxy) is 1. The van der Waals surface area contributed by atoms with Gasteiger partial charge in [-0.3, -0.25) is 0 Å².